The Kier molecular flexibility index (Phi) is 7.52. The van der Waals surface area contributed by atoms with Crippen molar-refractivity contribution in [2.45, 2.75) is 89.9 Å². The molecule has 0 heterocycles. The topological polar surface area (TPSA) is 72.8 Å². The number of amides is 1. The third kappa shape index (κ3) is 6.49. The number of nitrogens with zero attached hydrogens (tertiary/aromatic N) is 1. The van der Waals surface area contributed by atoms with Crippen molar-refractivity contribution in [3.05, 3.63) is 35.9 Å². The van der Waals surface area contributed by atoms with Crippen LogP contribution >= 0.6 is 0 Å². The molecule has 1 aliphatic carbocycles. The molecule has 0 aliphatic heterocycles. The first-order valence-corrected chi connectivity index (χ1v) is 10.5. The summed E-state index contributed by atoms with van der Waals surface area (Å²) >= 11 is 0. The zero-order valence-electron chi connectivity index (χ0n) is 18.1. The lowest BCUT2D eigenvalue weighted by Crippen LogP contribution is -2.58. The maximum Gasteiger partial charge on any atom is 0.408 e. The van der Waals surface area contributed by atoms with Crippen LogP contribution in [0.15, 0.2) is 30.3 Å². The van der Waals surface area contributed by atoms with Crippen molar-refractivity contribution >= 4 is 6.09 Å². The Hall–Kier alpha value is -1.59. The lowest BCUT2D eigenvalue weighted by atomic mass is 9.94. The van der Waals surface area contributed by atoms with Crippen molar-refractivity contribution in [2.24, 2.45) is 5.92 Å². The van der Waals surface area contributed by atoms with E-state index in [2.05, 4.69) is 19.2 Å². The van der Waals surface area contributed by atoms with E-state index in [0.29, 0.717) is 18.9 Å². The largest absolute Gasteiger partial charge is 0.465 e. The molecular formula is C23H38N2O3. The van der Waals surface area contributed by atoms with Crippen molar-refractivity contribution in [1.29, 1.82) is 0 Å². The molecule has 28 heavy (non-hydrogen) atoms. The van der Waals surface area contributed by atoms with Gasteiger partial charge < -0.3 is 15.5 Å². The fourth-order valence-corrected chi connectivity index (χ4v) is 3.87. The molecule has 1 saturated carbocycles. The van der Waals surface area contributed by atoms with Crippen molar-refractivity contribution in [2.75, 3.05) is 6.54 Å². The summed E-state index contributed by atoms with van der Waals surface area (Å²) in [4.78, 5) is 13.5. The second-order valence-corrected chi connectivity index (χ2v) is 9.74. The van der Waals surface area contributed by atoms with E-state index in [4.69, 9.17) is 0 Å². The van der Waals surface area contributed by atoms with Gasteiger partial charge >= 0.3 is 6.09 Å². The minimum Gasteiger partial charge on any atom is -0.465 e. The number of aliphatic hydroxyl groups excluding tert-OH is 1. The Morgan fingerprint density at radius 3 is 2.29 bits per heavy atom. The van der Waals surface area contributed by atoms with Crippen LogP contribution in [0.2, 0.25) is 0 Å². The lowest BCUT2D eigenvalue weighted by Gasteiger charge is -2.42. The van der Waals surface area contributed by atoms with Crippen LogP contribution in [-0.4, -0.2) is 51.0 Å². The first kappa shape index (κ1) is 22.7. The minimum atomic E-state index is -0.992. The number of rotatable bonds is 10. The van der Waals surface area contributed by atoms with E-state index >= 15 is 0 Å². The fourth-order valence-electron chi connectivity index (χ4n) is 3.87. The standard InChI is InChI=1S/C23H38N2O3/c1-17(2)11-12-23(13-14-23)24-16-20(26)19(15-18-9-7-6-8-10-18)25(21(27)28)22(3,4)5/h6-10,17,19-20,24,26H,11-16H2,1-5H3,(H,27,28)/t19-,20+/m0/s1. The number of hydrogen-bond acceptors (Lipinski definition) is 3. The Morgan fingerprint density at radius 1 is 1.21 bits per heavy atom. The number of aliphatic hydroxyl groups is 1. The quantitative estimate of drug-likeness (QED) is 0.557. The number of β-amino-alcohol motifs (C(OH)–C–C–N with tert-alkyl or cyclic N) is 1. The van der Waals surface area contributed by atoms with Crippen molar-refractivity contribution in [1.82, 2.24) is 10.2 Å². The van der Waals surface area contributed by atoms with Gasteiger partial charge in [0.25, 0.3) is 0 Å². The second kappa shape index (κ2) is 9.27. The van der Waals surface area contributed by atoms with Gasteiger partial charge in [-0.25, -0.2) is 4.79 Å². The summed E-state index contributed by atoms with van der Waals surface area (Å²) < 4.78 is 0. The van der Waals surface area contributed by atoms with Gasteiger partial charge in [-0.2, -0.15) is 0 Å². The molecule has 158 valence electrons. The molecule has 0 aromatic heterocycles. The molecule has 0 unspecified atom stereocenters. The highest BCUT2D eigenvalue weighted by molar-refractivity contribution is 5.66. The van der Waals surface area contributed by atoms with E-state index < -0.39 is 23.8 Å². The molecule has 1 aliphatic rings. The van der Waals surface area contributed by atoms with Gasteiger partial charge in [-0.15, -0.1) is 0 Å². The molecule has 1 fully saturated rings. The van der Waals surface area contributed by atoms with E-state index in [1.807, 2.05) is 51.1 Å². The molecule has 5 heteroatoms. The zero-order chi connectivity index (χ0) is 20.9. The summed E-state index contributed by atoms with van der Waals surface area (Å²) in [6.07, 6.45) is 3.28. The average Bonchev–Trinajstić information content (AvgIpc) is 3.37. The van der Waals surface area contributed by atoms with Crippen LogP contribution in [0.25, 0.3) is 0 Å². The molecule has 0 spiro atoms. The van der Waals surface area contributed by atoms with Gasteiger partial charge in [-0.05, 0) is 64.4 Å². The summed E-state index contributed by atoms with van der Waals surface area (Å²) in [6, 6.07) is 9.31. The number of carboxylic acid groups (broad SMARTS) is 1. The van der Waals surface area contributed by atoms with E-state index in [9.17, 15) is 15.0 Å². The van der Waals surface area contributed by atoms with Crippen LogP contribution in [0, 0.1) is 5.92 Å². The summed E-state index contributed by atoms with van der Waals surface area (Å²) in [5.41, 5.74) is 0.572. The molecule has 2 rings (SSSR count). The maximum atomic E-state index is 12.1. The molecule has 0 saturated heterocycles. The SMILES string of the molecule is CC(C)CCC1(NC[C@@H](O)[C@H](Cc2ccccc2)N(C(=O)O)C(C)(C)C)CC1. The second-order valence-electron chi connectivity index (χ2n) is 9.74. The van der Waals surface area contributed by atoms with Crippen molar-refractivity contribution < 1.29 is 15.0 Å². The molecule has 0 radical (unpaired) electrons. The number of hydrogen-bond donors (Lipinski definition) is 3. The van der Waals surface area contributed by atoms with Crippen LogP contribution in [-0.2, 0) is 6.42 Å². The highest BCUT2D eigenvalue weighted by Gasteiger charge is 2.43. The van der Waals surface area contributed by atoms with Gasteiger partial charge in [-0.1, -0.05) is 44.2 Å². The molecule has 1 aromatic rings. The van der Waals surface area contributed by atoms with Gasteiger partial charge in [0.05, 0.1) is 12.1 Å². The molecule has 5 nitrogen and oxygen atoms in total. The maximum absolute atomic E-state index is 12.1. The van der Waals surface area contributed by atoms with Crippen LogP contribution in [0.1, 0.15) is 65.9 Å². The van der Waals surface area contributed by atoms with Crippen molar-refractivity contribution in [3.63, 3.8) is 0 Å². The van der Waals surface area contributed by atoms with Gasteiger partial charge in [0.2, 0.25) is 0 Å². The van der Waals surface area contributed by atoms with Crippen molar-refractivity contribution in [3.8, 4) is 0 Å². The van der Waals surface area contributed by atoms with E-state index in [-0.39, 0.29) is 5.54 Å². The monoisotopic (exact) mass is 390 g/mol. The Morgan fingerprint density at radius 2 is 1.82 bits per heavy atom. The third-order valence-electron chi connectivity index (χ3n) is 5.73. The predicted octanol–water partition coefficient (Wildman–Crippen LogP) is 4.30. The summed E-state index contributed by atoms with van der Waals surface area (Å²) in [5.74, 6) is 0.665. The predicted molar refractivity (Wildman–Crippen MR) is 114 cm³/mol. The normalized spacial score (nSPS) is 18.0. The van der Waals surface area contributed by atoms with E-state index in [1.165, 1.54) is 11.3 Å². The van der Waals surface area contributed by atoms with Crippen LogP contribution in [0.4, 0.5) is 4.79 Å². The Balaban J connectivity index is 2.12. The first-order chi connectivity index (χ1) is 13.0. The van der Waals surface area contributed by atoms with Crippen LogP contribution in [0.5, 0.6) is 0 Å². The van der Waals surface area contributed by atoms with Gasteiger partial charge in [0.15, 0.2) is 0 Å². The highest BCUT2D eigenvalue weighted by atomic mass is 16.4. The summed E-state index contributed by atoms with van der Waals surface area (Å²) in [6.45, 7) is 10.5. The van der Waals surface area contributed by atoms with Crippen LogP contribution < -0.4 is 5.32 Å². The zero-order valence-corrected chi connectivity index (χ0v) is 18.1. The molecular weight excluding hydrogens is 352 g/mol. The Labute approximate surface area is 170 Å². The minimum absolute atomic E-state index is 0.137. The molecule has 1 amide bonds. The molecule has 2 atom stereocenters. The summed E-state index contributed by atoms with van der Waals surface area (Å²) in [7, 11) is 0. The first-order valence-electron chi connectivity index (χ1n) is 10.5. The van der Waals surface area contributed by atoms with E-state index in [0.717, 1.165) is 24.8 Å². The average molecular weight is 391 g/mol. The molecule has 3 N–H and O–H groups in total. The van der Waals surface area contributed by atoms with Crippen LogP contribution in [0.3, 0.4) is 0 Å². The number of carbonyl (C=O) groups is 1. The third-order valence-corrected chi connectivity index (χ3v) is 5.73. The summed E-state index contributed by atoms with van der Waals surface area (Å²) in [5, 5.41) is 24.5. The number of nitrogens with one attached hydrogen (secondary N) is 1. The molecule has 1 aromatic carbocycles. The lowest BCUT2D eigenvalue weighted by molar-refractivity contribution is 0.00638. The van der Waals surface area contributed by atoms with E-state index in [1.54, 1.807) is 0 Å². The van der Waals surface area contributed by atoms with Gasteiger partial charge in [0.1, 0.15) is 0 Å². The fraction of sp³-hybridized carbons (Fsp3) is 0.696. The van der Waals surface area contributed by atoms with Gasteiger partial charge in [0, 0.05) is 17.6 Å². The number of benzene rings is 1. The van der Waals surface area contributed by atoms with Gasteiger partial charge in [-0.3, -0.25) is 4.90 Å². The molecule has 0 bridgehead atoms. The highest BCUT2D eigenvalue weighted by Crippen LogP contribution is 2.40. The Bertz CT molecular complexity index is 620. The smallest absolute Gasteiger partial charge is 0.408 e.